The lowest BCUT2D eigenvalue weighted by molar-refractivity contribution is -0.107. The lowest BCUT2D eigenvalue weighted by atomic mass is 10.0. The van der Waals surface area contributed by atoms with Crippen molar-refractivity contribution in [3.8, 4) is 0 Å². The Morgan fingerprint density at radius 2 is 2.56 bits per heavy atom. The molecule has 0 spiro atoms. The zero-order valence-corrected chi connectivity index (χ0v) is 9.78. The van der Waals surface area contributed by atoms with Gasteiger partial charge in [0.1, 0.15) is 6.26 Å². The Morgan fingerprint density at radius 3 is 3.28 bits per heavy atom. The van der Waals surface area contributed by atoms with Crippen LogP contribution in [0, 0.1) is 0 Å². The number of amides is 2. The maximum Gasteiger partial charge on any atom is 0.344 e. The lowest BCUT2D eigenvalue weighted by Gasteiger charge is -2.20. The zero-order valence-electron chi connectivity index (χ0n) is 9.78. The molecule has 0 saturated carbocycles. The quantitative estimate of drug-likeness (QED) is 0.752. The third kappa shape index (κ3) is 1.70. The number of hydrogen-bond donors (Lipinski definition) is 0. The van der Waals surface area contributed by atoms with Gasteiger partial charge in [0.25, 0.3) is 0 Å². The first-order chi connectivity index (χ1) is 8.79. The number of carbonyl (C=O) groups is 1. The predicted octanol–water partition coefficient (Wildman–Crippen LogP) is 1.30. The molecule has 18 heavy (non-hydrogen) atoms. The molecule has 1 aromatic rings. The average molecular weight is 247 g/mol. The minimum Gasteiger partial charge on any atom is -0.364 e. The first-order valence-electron chi connectivity index (χ1n) is 5.72. The lowest BCUT2D eigenvalue weighted by Crippen LogP contribution is -2.33. The van der Waals surface area contributed by atoms with Crippen LogP contribution in [0.4, 0.5) is 4.79 Å². The van der Waals surface area contributed by atoms with E-state index in [0.29, 0.717) is 19.7 Å². The van der Waals surface area contributed by atoms with Crippen LogP contribution in [0.3, 0.4) is 0 Å². The number of carbonyl (C=O) groups excluding carboxylic acids is 1. The minimum atomic E-state index is -0.107. The van der Waals surface area contributed by atoms with Gasteiger partial charge in [-0.05, 0) is 5.57 Å². The third-order valence-electron chi connectivity index (χ3n) is 3.06. The Bertz CT molecular complexity index is 495. The molecule has 6 nitrogen and oxygen atoms in total. The van der Waals surface area contributed by atoms with Gasteiger partial charge in [0, 0.05) is 18.7 Å². The highest BCUT2D eigenvalue weighted by Gasteiger charge is 2.41. The summed E-state index contributed by atoms with van der Waals surface area (Å²) in [6, 6.07) is -0.166. The molecule has 2 aliphatic rings. The average Bonchev–Trinajstić information content (AvgIpc) is 2.98. The maximum absolute atomic E-state index is 12.0. The van der Waals surface area contributed by atoms with Crippen LogP contribution in [0.5, 0.6) is 0 Å². The molecule has 6 heteroatoms. The summed E-state index contributed by atoms with van der Waals surface area (Å²) in [5.41, 5.74) is 1.94. The Morgan fingerprint density at radius 1 is 1.67 bits per heavy atom. The van der Waals surface area contributed by atoms with Crippen molar-refractivity contribution in [2.24, 2.45) is 0 Å². The molecule has 3 rings (SSSR count). The molecule has 1 atom stereocenters. The van der Waals surface area contributed by atoms with E-state index in [9.17, 15) is 4.79 Å². The van der Waals surface area contributed by atoms with E-state index in [1.165, 1.54) is 5.06 Å². The summed E-state index contributed by atoms with van der Waals surface area (Å²) in [6.45, 7) is 5.12. The van der Waals surface area contributed by atoms with E-state index in [2.05, 4.69) is 11.7 Å². The second-order valence-electron chi connectivity index (χ2n) is 4.25. The van der Waals surface area contributed by atoms with E-state index in [0.717, 1.165) is 11.1 Å². The maximum atomic E-state index is 12.0. The molecular weight excluding hydrogens is 234 g/mol. The molecule has 94 valence electrons. The molecule has 1 saturated heterocycles. The second kappa shape index (κ2) is 4.30. The van der Waals surface area contributed by atoms with E-state index in [4.69, 9.17) is 9.36 Å². The van der Waals surface area contributed by atoms with Crippen molar-refractivity contribution in [3.05, 3.63) is 36.8 Å². The van der Waals surface area contributed by atoms with Crippen molar-refractivity contribution >= 4 is 11.6 Å². The van der Waals surface area contributed by atoms with E-state index in [1.54, 1.807) is 23.4 Å². The van der Waals surface area contributed by atoms with Gasteiger partial charge in [-0.15, -0.1) is 6.58 Å². The topological polar surface area (TPSA) is 58.8 Å². The summed E-state index contributed by atoms with van der Waals surface area (Å²) in [6.07, 6.45) is 6.88. The van der Waals surface area contributed by atoms with E-state index in [-0.39, 0.29) is 12.1 Å². The summed E-state index contributed by atoms with van der Waals surface area (Å²) in [5.74, 6) is 0. The van der Waals surface area contributed by atoms with Gasteiger partial charge in [0.2, 0.25) is 0 Å². The zero-order chi connectivity index (χ0) is 12.5. The summed E-state index contributed by atoms with van der Waals surface area (Å²) in [4.78, 5) is 19.2. The summed E-state index contributed by atoms with van der Waals surface area (Å²) >= 11 is 0. The number of rotatable bonds is 4. The van der Waals surface area contributed by atoms with Gasteiger partial charge in [0.15, 0.2) is 0 Å². The molecule has 1 fully saturated rings. The number of nitrogens with zero attached hydrogens (tertiary/aromatic N) is 3. The molecule has 2 amide bonds. The Hall–Kier alpha value is -2.08. The normalized spacial score (nSPS) is 22.3. The predicted molar refractivity (Wildman–Crippen MR) is 63.2 cm³/mol. The molecule has 1 unspecified atom stereocenters. The van der Waals surface area contributed by atoms with Crippen molar-refractivity contribution in [1.29, 1.82) is 0 Å². The van der Waals surface area contributed by atoms with E-state index < -0.39 is 0 Å². The fraction of sp³-hybridized carbons (Fsp3) is 0.333. The molecule has 1 aromatic heterocycles. The highest BCUT2D eigenvalue weighted by molar-refractivity contribution is 5.82. The molecule has 0 aliphatic carbocycles. The van der Waals surface area contributed by atoms with Crippen molar-refractivity contribution in [2.45, 2.75) is 6.04 Å². The number of hydrogen-bond acceptors (Lipinski definition) is 4. The fourth-order valence-corrected chi connectivity index (χ4v) is 2.24. The second-order valence-corrected chi connectivity index (χ2v) is 4.25. The molecule has 0 N–H and O–H groups in total. The van der Waals surface area contributed by atoms with Gasteiger partial charge in [-0.2, -0.15) is 5.06 Å². The first kappa shape index (κ1) is 11.0. The molecule has 2 bridgehead atoms. The van der Waals surface area contributed by atoms with E-state index >= 15 is 0 Å². The molecule has 0 radical (unpaired) electrons. The Balaban J connectivity index is 1.83. The standard InChI is InChI=1S/C12H13N3O3/c1-2-3-18-15-11-4-9(10-5-13-17-8-10)6-14(7-11)12(15)16/h2,4-5,8,11H,1,3,6-7H2. The SMILES string of the molecule is C=CCON1C(=O)N2CC(c3cnoc3)=CC1C2. The van der Waals surface area contributed by atoms with Gasteiger partial charge in [0.05, 0.1) is 18.8 Å². The largest absolute Gasteiger partial charge is 0.364 e. The summed E-state index contributed by atoms with van der Waals surface area (Å²) in [7, 11) is 0. The van der Waals surface area contributed by atoms with E-state index in [1.807, 2.05) is 6.08 Å². The fourth-order valence-electron chi connectivity index (χ4n) is 2.24. The van der Waals surface area contributed by atoms with Gasteiger partial charge >= 0.3 is 6.03 Å². The van der Waals surface area contributed by atoms with Crippen LogP contribution in [-0.2, 0) is 4.84 Å². The monoisotopic (exact) mass is 247 g/mol. The van der Waals surface area contributed by atoms with Crippen LogP contribution in [-0.4, -0.2) is 46.9 Å². The number of fused-ring (bicyclic) bond motifs is 2. The van der Waals surface area contributed by atoms with Crippen LogP contribution >= 0.6 is 0 Å². The van der Waals surface area contributed by atoms with Crippen molar-refractivity contribution in [2.75, 3.05) is 19.7 Å². The minimum absolute atomic E-state index is 0.0592. The van der Waals surface area contributed by atoms with Crippen LogP contribution in [0.1, 0.15) is 5.56 Å². The van der Waals surface area contributed by atoms with Crippen molar-refractivity contribution < 1.29 is 14.2 Å². The highest BCUT2D eigenvalue weighted by Crippen LogP contribution is 2.29. The van der Waals surface area contributed by atoms with Gasteiger partial charge in [-0.3, -0.25) is 4.84 Å². The van der Waals surface area contributed by atoms with Crippen LogP contribution in [0.15, 0.2) is 35.7 Å². The number of hydroxylamine groups is 2. The summed E-state index contributed by atoms with van der Waals surface area (Å²) in [5, 5.41) is 5.08. The molecular formula is C12H13N3O3. The number of aromatic nitrogens is 1. The third-order valence-corrected chi connectivity index (χ3v) is 3.06. The first-order valence-corrected chi connectivity index (χ1v) is 5.72. The Labute approximate surface area is 104 Å². The van der Waals surface area contributed by atoms with Crippen molar-refractivity contribution in [1.82, 2.24) is 15.1 Å². The van der Waals surface area contributed by atoms with Crippen LogP contribution < -0.4 is 0 Å². The van der Waals surface area contributed by atoms with Gasteiger partial charge in [-0.25, -0.2) is 4.79 Å². The number of urea groups is 1. The molecule has 0 aromatic carbocycles. The molecule has 2 aliphatic heterocycles. The Kier molecular flexibility index (Phi) is 2.64. The van der Waals surface area contributed by atoms with Crippen LogP contribution in [0.25, 0.3) is 5.57 Å². The smallest absolute Gasteiger partial charge is 0.344 e. The van der Waals surface area contributed by atoms with Crippen LogP contribution in [0.2, 0.25) is 0 Å². The van der Waals surface area contributed by atoms with Gasteiger partial charge in [-0.1, -0.05) is 17.3 Å². The van der Waals surface area contributed by atoms with Crippen molar-refractivity contribution in [3.63, 3.8) is 0 Å². The molecule has 3 heterocycles. The highest BCUT2D eigenvalue weighted by atomic mass is 16.7. The van der Waals surface area contributed by atoms with Gasteiger partial charge < -0.3 is 9.42 Å². The summed E-state index contributed by atoms with van der Waals surface area (Å²) < 4.78 is 4.82.